The molecule has 2 heteroatoms. The van der Waals surface area contributed by atoms with Gasteiger partial charge in [0.1, 0.15) is 0 Å². The molecule has 19 heavy (non-hydrogen) atoms. The van der Waals surface area contributed by atoms with Gasteiger partial charge in [-0.1, -0.05) is 67.1 Å². The Balaban J connectivity index is 2.34. The van der Waals surface area contributed by atoms with E-state index >= 15 is 0 Å². The molecule has 2 rings (SSSR count). The maximum atomic E-state index is 5.82. The predicted octanol–water partition coefficient (Wildman–Crippen LogP) is 3.69. The Bertz CT molecular complexity index is 508. The van der Waals surface area contributed by atoms with Crippen LogP contribution in [0.3, 0.4) is 0 Å². The maximum Gasteiger partial charge on any atom is 0.0528 e. The predicted molar refractivity (Wildman–Crippen MR) is 80.7 cm³/mol. The topological polar surface area (TPSA) is 38.0 Å². The summed E-state index contributed by atoms with van der Waals surface area (Å²) < 4.78 is 0. The fourth-order valence-corrected chi connectivity index (χ4v) is 2.67. The molecule has 0 aliphatic carbocycles. The van der Waals surface area contributed by atoms with E-state index in [1.54, 1.807) is 0 Å². The zero-order valence-corrected chi connectivity index (χ0v) is 11.6. The molecule has 0 fully saturated rings. The molecule has 2 atom stereocenters. The molecule has 0 radical (unpaired) electrons. The van der Waals surface area contributed by atoms with Crippen molar-refractivity contribution in [2.75, 3.05) is 0 Å². The molecule has 0 aromatic heterocycles. The van der Waals surface area contributed by atoms with Gasteiger partial charge in [-0.25, -0.2) is 0 Å². The van der Waals surface area contributed by atoms with Crippen LogP contribution in [0.2, 0.25) is 0 Å². The number of nitrogens with one attached hydrogen (secondary N) is 1. The lowest BCUT2D eigenvalue weighted by Gasteiger charge is -2.26. The van der Waals surface area contributed by atoms with E-state index in [1.165, 1.54) is 16.7 Å². The lowest BCUT2D eigenvalue weighted by atomic mass is 9.85. The first-order valence-corrected chi connectivity index (χ1v) is 6.84. The second kappa shape index (κ2) is 6.50. The van der Waals surface area contributed by atoms with E-state index in [0.29, 0.717) is 5.92 Å². The van der Waals surface area contributed by atoms with Crippen molar-refractivity contribution in [2.45, 2.75) is 32.2 Å². The van der Waals surface area contributed by atoms with Crippen molar-refractivity contribution in [1.29, 1.82) is 0 Å². The van der Waals surface area contributed by atoms with E-state index in [-0.39, 0.29) is 6.04 Å². The number of rotatable bonds is 5. The standard InChI is InChI=1S/C17H22N2/c1-3-16(14-9-5-4-6-10-14)17(19-18)15-11-7-8-13(2)12-15/h4-12,16-17,19H,3,18H2,1-2H3. The average molecular weight is 254 g/mol. The number of hydrogen-bond acceptors (Lipinski definition) is 2. The minimum absolute atomic E-state index is 0.146. The van der Waals surface area contributed by atoms with Gasteiger partial charge in [0, 0.05) is 5.92 Å². The Kier molecular flexibility index (Phi) is 4.72. The summed E-state index contributed by atoms with van der Waals surface area (Å²) >= 11 is 0. The quantitative estimate of drug-likeness (QED) is 0.631. The summed E-state index contributed by atoms with van der Waals surface area (Å²) in [6.07, 6.45) is 1.05. The Labute approximate surface area is 115 Å². The first kappa shape index (κ1) is 13.8. The van der Waals surface area contributed by atoms with Gasteiger partial charge in [-0.15, -0.1) is 0 Å². The van der Waals surface area contributed by atoms with Crippen LogP contribution >= 0.6 is 0 Å². The molecule has 2 nitrogen and oxygen atoms in total. The van der Waals surface area contributed by atoms with Crippen LogP contribution in [0.4, 0.5) is 0 Å². The van der Waals surface area contributed by atoms with Gasteiger partial charge in [0.15, 0.2) is 0 Å². The lowest BCUT2D eigenvalue weighted by Crippen LogP contribution is -2.32. The van der Waals surface area contributed by atoms with Crippen molar-refractivity contribution in [2.24, 2.45) is 5.84 Å². The largest absolute Gasteiger partial charge is 0.271 e. The van der Waals surface area contributed by atoms with Crippen molar-refractivity contribution in [1.82, 2.24) is 5.43 Å². The van der Waals surface area contributed by atoms with E-state index in [4.69, 9.17) is 5.84 Å². The van der Waals surface area contributed by atoms with Gasteiger partial charge in [-0.3, -0.25) is 11.3 Å². The van der Waals surface area contributed by atoms with Crippen LogP contribution in [0.15, 0.2) is 54.6 Å². The summed E-state index contributed by atoms with van der Waals surface area (Å²) in [5.41, 5.74) is 6.84. The molecule has 0 heterocycles. The van der Waals surface area contributed by atoms with E-state index in [9.17, 15) is 0 Å². The summed E-state index contributed by atoms with van der Waals surface area (Å²) in [6, 6.07) is 19.3. The molecule has 0 aliphatic heterocycles. The Hall–Kier alpha value is -1.64. The van der Waals surface area contributed by atoms with Gasteiger partial charge >= 0.3 is 0 Å². The third-order valence-corrected chi connectivity index (χ3v) is 3.65. The second-order valence-electron chi connectivity index (χ2n) is 4.98. The smallest absolute Gasteiger partial charge is 0.0528 e. The van der Waals surface area contributed by atoms with Crippen molar-refractivity contribution in [3.05, 3.63) is 71.3 Å². The van der Waals surface area contributed by atoms with E-state index in [2.05, 4.69) is 67.8 Å². The van der Waals surface area contributed by atoms with E-state index in [1.807, 2.05) is 6.07 Å². The highest BCUT2D eigenvalue weighted by molar-refractivity contribution is 5.30. The summed E-state index contributed by atoms with van der Waals surface area (Å²) in [5, 5.41) is 0. The molecule has 0 spiro atoms. The van der Waals surface area contributed by atoms with Crippen LogP contribution in [0.25, 0.3) is 0 Å². The molecular weight excluding hydrogens is 232 g/mol. The molecule has 2 aromatic rings. The summed E-state index contributed by atoms with van der Waals surface area (Å²) in [4.78, 5) is 0. The van der Waals surface area contributed by atoms with Crippen LogP contribution in [0.5, 0.6) is 0 Å². The molecule has 0 saturated carbocycles. The molecule has 0 saturated heterocycles. The molecule has 2 unspecified atom stereocenters. The van der Waals surface area contributed by atoms with Crippen LogP contribution in [-0.4, -0.2) is 0 Å². The zero-order chi connectivity index (χ0) is 13.7. The van der Waals surface area contributed by atoms with Gasteiger partial charge in [0.25, 0.3) is 0 Å². The number of benzene rings is 2. The number of nitrogens with two attached hydrogens (primary N) is 1. The van der Waals surface area contributed by atoms with Crippen LogP contribution in [-0.2, 0) is 0 Å². The van der Waals surface area contributed by atoms with Crippen LogP contribution < -0.4 is 11.3 Å². The highest BCUT2D eigenvalue weighted by Crippen LogP contribution is 2.33. The normalized spacial score (nSPS) is 14.1. The van der Waals surface area contributed by atoms with Crippen molar-refractivity contribution < 1.29 is 0 Å². The van der Waals surface area contributed by atoms with E-state index < -0.39 is 0 Å². The Morgan fingerprint density at radius 2 is 1.68 bits per heavy atom. The average Bonchev–Trinajstić information content (AvgIpc) is 2.45. The monoisotopic (exact) mass is 254 g/mol. The molecule has 0 aliphatic rings. The zero-order valence-electron chi connectivity index (χ0n) is 11.6. The molecule has 2 aromatic carbocycles. The Morgan fingerprint density at radius 1 is 1.00 bits per heavy atom. The molecule has 0 amide bonds. The third kappa shape index (κ3) is 3.22. The first-order valence-electron chi connectivity index (χ1n) is 6.84. The number of aryl methyl sites for hydroxylation is 1. The van der Waals surface area contributed by atoms with Gasteiger partial charge < -0.3 is 0 Å². The number of hydrazine groups is 1. The maximum absolute atomic E-state index is 5.82. The number of hydrogen-bond donors (Lipinski definition) is 2. The van der Waals surface area contributed by atoms with Crippen molar-refractivity contribution in [3.8, 4) is 0 Å². The molecule has 0 bridgehead atoms. The van der Waals surface area contributed by atoms with E-state index in [0.717, 1.165) is 6.42 Å². The fraction of sp³-hybridized carbons (Fsp3) is 0.294. The summed E-state index contributed by atoms with van der Waals surface area (Å²) in [5.74, 6) is 6.20. The minimum atomic E-state index is 0.146. The minimum Gasteiger partial charge on any atom is -0.271 e. The SMILES string of the molecule is CCC(c1ccccc1)C(NN)c1cccc(C)c1. The molecule has 100 valence electrons. The van der Waals surface area contributed by atoms with Gasteiger partial charge in [0.2, 0.25) is 0 Å². The third-order valence-electron chi connectivity index (χ3n) is 3.65. The van der Waals surface area contributed by atoms with Gasteiger partial charge in [0.05, 0.1) is 6.04 Å². The lowest BCUT2D eigenvalue weighted by molar-refractivity contribution is 0.445. The summed E-state index contributed by atoms with van der Waals surface area (Å²) in [6.45, 7) is 4.32. The highest BCUT2D eigenvalue weighted by Gasteiger charge is 2.22. The van der Waals surface area contributed by atoms with Gasteiger partial charge in [-0.2, -0.15) is 0 Å². The molecule has 3 N–H and O–H groups in total. The van der Waals surface area contributed by atoms with Crippen molar-refractivity contribution in [3.63, 3.8) is 0 Å². The Morgan fingerprint density at radius 3 is 2.26 bits per heavy atom. The van der Waals surface area contributed by atoms with Gasteiger partial charge in [-0.05, 0) is 24.5 Å². The molecular formula is C17H22N2. The van der Waals surface area contributed by atoms with Crippen LogP contribution in [0, 0.1) is 6.92 Å². The first-order chi connectivity index (χ1) is 9.26. The van der Waals surface area contributed by atoms with Crippen molar-refractivity contribution >= 4 is 0 Å². The second-order valence-corrected chi connectivity index (χ2v) is 4.98. The summed E-state index contributed by atoms with van der Waals surface area (Å²) in [7, 11) is 0. The highest BCUT2D eigenvalue weighted by atomic mass is 15.2. The fourth-order valence-electron chi connectivity index (χ4n) is 2.67. The van der Waals surface area contributed by atoms with Crippen LogP contribution in [0.1, 0.15) is 42.0 Å².